The molecule has 0 unspecified atom stereocenters. The van der Waals surface area contributed by atoms with Crippen LogP contribution in [0.2, 0.25) is 0 Å². The Balaban J connectivity index is 1.76. The first kappa shape index (κ1) is 15.0. The Labute approximate surface area is 130 Å². The second-order valence-electron chi connectivity index (χ2n) is 6.66. The molecule has 5 heteroatoms. The van der Waals surface area contributed by atoms with Crippen LogP contribution in [0.3, 0.4) is 0 Å². The minimum Gasteiger partial charge on any atom is -0.333 e. The quantitative estimate of drug-likeness (QED) is 0.628. The Hall–Kier alpha value is -1.91. The summed E-state index contributed by atoms with van der Waals surface area (Å²) in [5.74, 6) is 0.795. The van der Waals surface area contributed by atoms with Gasteiger partial charge in [-0.2, -0.15) is 0 Å². The number of hydrogen-bond donors (Lipinski definition) is 0. The minimum atomic E-state index is -0.435. The summed E-state index contributed by atoms with van der Waals surface area (Å²) in [7, 11) is 0. The highest BCUT2D eigenvalue weighted by atomic mass is 16.6. The van der Waals surface area contributed by atoms with Crippen LogP contribution in [-0.2, 0) is 0 Å². The van der Waals surface area contributed by atoms with Crippen LogP contribution in [-0.4, -0.2) is 27.8 Å². The Morgan fingerprint density at radius 1 is 1.05 bits per heavy atom. The lowest BCUT2D eigenvalue weighted by Crippen LogP contribution is -2.43. The van der Waals surface area contributed by atoms with E-state index < -0.39 is 4.92 Å². The molecule has 0 heterocycles. The van der Waals surface area contributed by atoms with Gasteiger partial charge in [-0.25, -0.2) is 0 Å². The minimum absolute atomic E-state index is 0.0287. The van der Waals surface area contributed by atoms with Crippen molar-refractivity contribution in [3.05, 3.63) is 39.9 Å². The van der Waals surface area contributed by atoms with Crippen LogP contribution in [0.4, 0.5) is 5.69 Å². The molecule has 2 fully saturated rings. The summed E-state index contributed by atoms with van der Waals surface area (Å²) < 4.78 is 0. The molecule has 0 saturated heterocycles. The van der Waals surface area contributed by atoms with Gasteiger partial charge in [0.2, 0.25) is 0 Å². The van der Waals surface area contributed by atoms with Gasteiger partial charge in [-0.1, -0.05) is 6.92 Å². The van der Waals surface area contributed by atoms with Crippen LogP contribution in [0.5, 0.6) is 0 Å². The van der Waals surface area contributed by atoms with Crippen molar-refractivity contribution in [1.82, 2.24) is 4.90 Å². The van der Waals surface area contributed by atoms with E-state index in [1.165, 1.54) is 25.0 Å². The highest BCUT2D eigenvalue weighted by Gasteiger charge is 2.38. The van der Waals surface area contributed by atoms with Crippen LogP contribution in [0.15, 0.2) is 24.3 Å². The predicted octanol–water partition coefficient (Wildman–Crippen LogP) is 3.78. The second kappa shape index (κ2) is 6.07. The van der Waals surface area contributed by atoms with E-state index in [4.69, 9.17) is 0 Å². The average molecular weight is 302 g/mol. The summed E-state index contributed by atoms with van der Waals surface area (Å²) in [4.78, 5) is 25.2. The van der Waals surface area contributed by atoms with Gasteiger partial charge in [0.05, 0.1) is 4.92 Å². The van der Waals surface area contributed by atoms with E-state index in [0.29, 0.717) is 17.6 Å². The lowest BCUT2D eigenvalue weighted by Gasteiger charge is -2.36. The Morgan fingerprint density at radius 2 is 1.55 bits per heavy atom. The number of carbonyl (C=O) groups is 1. The van der Waals surface area contributed by atoms with Gasteiger partial charge in [0.1, 0.15) is 0 Å². The number of nitrogens with zero attached hydrogens (tertiary/aromatic N) is 2. The van der Waals surface area contributed by atoms with Crippen molar-refractivity contribution >= 4 is 11.6 Å². The maximum atomic E-state index is 12.8. The second-order valence-corrected chi connectivity index (χ2v) is 6.66. The van der Waals surface area contributed by atoms with Crippen molar-refractivity contribution in [2.24, 2.45) is 5.92 Å². The van der Waals surface area contributed by atoms with E-state index in [1.807, 2.05) is 0 Å². The molecule has 0 bridgehead atoms. The standard InChI is InChI=1S/C17H22N2O3/c1-12-2-6-14(7-3-12)18(15-10-11-15)17(20)13-4-8-16(9-5-13)19(21)22/h4-5,8-9,12,14-15H,2-3,6-7,10-11H2,1H3. The normalized spacial score (nSPS) is 24.8. The first-order chi connectivity index (χ1) is 10.6. The zero-order valence-electron chi connectivity index (χ0n) is 12.9. The van der Waals surface area contributed by atoms with Crippen molar-refractivity contribution in [3.63, 3.8) is 0 Å². The summed E-state index contributed by atoms with van der Waals surface area (Å²) in [5, 5.41) is 10.7. The summed E-state index contributed by atoms with van der Waals surface area (Å²) in [6, 6.07) is 6.72. The summed E-state index contributed by atoms with van der Waals surface area (Å²) in [6.07, 6.45) is 6.70. The zero-order chi connectivity index (χ0) is 15.7. The number of amides is 1. The zero-order valence-corrected chi connectivity index (χ0v) is 12.9. The number of nitro groups is 1. The summed E-state index contributed by atoms with van der Waals surface area (Å²) >= 11 is 0. The van der Waals surface area contributed by atoms with Gasteiger partial charge in [-0.3, -0.25) is 14.9 Å². The van der Waals surface area contributed by atoms with E-state index in [-0.39, 0.29) is 11.6 Å². The van der Waals surface area contributed by atoms with Crippen LogP contribution >= 0.6 is 0 Å². The number of non-ortho nitro benzene ring substituents is 1. The Morgan fingerprint density at radius 3 is 2.00 bits per heavy atom. The molecule has 0 atom stereocenters. The first-order valence-electron chi connectivity index (χ1n) is 8.13. The third-order valence-corrected chi connectivity index (χ3v) is 4.88. The molecule has 2 saturated carbocycles. The number of hydrogen-bond acceptors (Lipinski definition) is 3. The molecule has 22 heavy (non-hydrogen) atoms. The van der Waals surface area contributed by atoms with Gasteiger partial charge in [-0.15, -0.1) is 0 Å². The molecule has 5 nitrogen and oxygen atoms in total. The molecule has 3 rings (SSSR count). The number of rotatable bonds is 4. The van der Waals surface area contributed by atoms with Crippen LogP contribution < -0.4 is 0 Å². The molecule has 0 aromatic heterocycles. The van der Waals surface area contributed by atoms with Crippen LogP contribution in [0.1, 0.15) is 55.8 Å². The van der Waals surface area contributed by atoms with Crippen molar-refractivity contribution in [2.45, 2.75) is 57.5 Å². The van der Waals surface area contributed by atoms with Gasteiger partial charge in [0.25, 0.3) is 11.6 Å². The topological polar surface area (TPSA) is 63.5 Å². The average Bonchev–Trinajstić information content (AvgIpc) is 3.34. The molecule has 118 valence electrons. The molecule has 0 N–H and O–H groups in total. The van der Waals surface area contributed by atoms with Crippen molar-refractivity contribution in [1.29, 1.82) is 0 Å². The van der Waals surface area contributed by atoms with Crippen LogP contribution in [0, 0.1) is 16.0 Å². The molecular weight excluding hydrogens is 280 g/mol. The monoisotopic (exact) mass is 302 g/mol. The van der Waals surface area contributed by atoms with E-state index >= 15 is 0 Å². The molecule has 1 amide bonds. The molecular formula is C17H22N2O3. The molecule has 0 spiro atoms. The maximum Gasteiger partial charge on any atom is 0.269 e. The van der Waals surface area contributed by atoms with E-state index in [0.717, 1.165) is 31.6 Å². The lowest BCUT2D eigenvalue weighted by atomic mass is 9.86. The molecule has 0 radical (unpaired) electrons. The predicted molar refractivity (Wildman–Crippen MR) is 83.7 cm³/mol. The van der Waals surface area contributed by atoms with E-state index in [9.17, 15) is 14.9 Å². The number of carbonyl (C=O) groups excluding carboxylic acids is 1. The van der Waals surface area contributed by atoms with E-state index in [1.54, 1.807) is 12.1 Å². The van der Waals surface area contributed by atoms with E-state index in [2.05, 4.69) is 11.8 Å². The molecule has 1 aromatic rings. The molecule has 1 aromatic carbocycles. The van der Waals surface area contributed by atoms with Gasteiger partial charge < -0.3 is 4.90 Å². The SMILES string of the molecule is CC1CCC(N(C(=O)c2ccc([N+](=O)[O-])cc2)C2CC2)CC1. The van der Waals surface area contributed by atoms with Crippen LogP contribution in [0.25, 0.3) is 0 Å². The fraction of sp³-hybridized carbons (Fsp3) is 0.588. The summed E-state index contributed by atoms with van der Waals surface area (Å²) in [6.45, 7) is 2.27. The van der Waals surface area contributed by atoms with Crippen molar-refractivity contribution in [3.8, 4) is 0 Å². The number of benzene rings is 1. The third kappa shape index (κ3) is 3.13. The number of nitro benzene ring substituents is 1. The fourth-order valence-corrected chi connectivity index (χ4v) is 3.38. The fourth-order valence-electron chi connectivity index (χ4n) is 3.38. The Bertz CT molecular complexity index is 558. The highest BCUT2D eigenvalue weighted by molar-refractivity contribution is 5.95. The first-order valence-corrected chi connectivity index (χ1v) is 8.13. The third-order valence-electron chi connectivity index (χ3n) is 4.88. The van der Waals surface area contributed by atoms with Gasteiger partial charge >= 0.3 is 0 Å². The molecule has 2 aliphatic carbocycles. The highest BCUT2D eigenvalue weighted by Crippen LogP contribution is 2.36. The maximum absolute atomic E-state index is 12.8. The lowest BCUT2D eigenvalue weighted by molar-refractivity contribution is -0.384. The Kier molecular flexibility index (Phi) is 4.14. The smallest absolute Gasteiger partial charge is 0.269 e. The van der Waals surface area contributed by atoms with Crippen molar-refractivity contribution < 1.29 is 9.72 Å². The summed E-state index contributed by atoms with van der Waals surface area (Å²) in [5.41, 5.74) is 0.595. The van der Waals surface area contributed by atoms with Gasteiger partial charge in [0.15, 0.2) is 0 Å². The van der Waals surface area contributed by atoms with Crippen molar-refractivity contribution in [2.75, 3.05) is 0 Å². The molecule has 2 aliphatic rings. The van der Waals surface area contributed by atoms with Gasteiger partial charge in [0, 0.05) is 29.8 Å². The molecule has 0 aliphatic heterocycles. The van der Waals surface area contributed by atoms with Gasteiger partial charge in [-0.05, 0) is 56.6 Å². The largest absolute Gasteiger partial charge is 0.333 e.